The molecule has 0 aliphatic heterocycles. The maximum atomic E-state index is 11.9. The number of aromatic nitrogens is 3. The summed E-state index contributed by atoms with van der Waals surface area (Å²) in [6.45, 7) is -0.237. The van der Waals surface area contributed by atoms with E-state index < -0.39 is 11.2 Å². The number of nitrogens with zero attached hydrogens (tertiary/aromatic N) is 2. The predicted octanol–water partition coefficient (Wildman–Crippen LogP) is -0.468. The normalized spacial score (nSPS) is 10.5. The summed E-state index contributed by atoms with van der Waals surface area (Å²) < 4.78 is 11.5. The SMILES string of the molecule is COc1cccc(Cc2nn(CCO)c(=O)[nH]c2=O)c1OC. The number of ether oxygens (including phenoxy) is 2. The van der Waals surface area contributed by atoms with Gasteiger partial charge >= 0.3 is 5.69 Å². The molecule has 0 saturated heterocycles. The molecule has 2 rings (SSSR count). The Balaban J connectivity index is 2.45. The molecule has 0 radical (unpaired) electrons. The molecule has 0 saturated carbocycles. The molecule has 2 N–H and O–H groups in total. The predicted molar refractivity (Wildman–Crippen MR) is 78.6 cm³/mol. The van der Waals surface area contributed by atoms with Crippen LogP contribution in [0.5, 0.6) is 11.5 Å². The number of aromatic amines is 1. The van der Waals surface area contributed by atoms with Crippen molar-refractivity contribution in [2.75, 3.05) is 20.8 Å². The van der Waals surface area contributed by atoms with E-state index in [-0.39, 0.29) is 25.3 Å². The third-order valence-corrected chi connectivity index (χ3v) is 3.11. The standard InChI is InChI=1S/C14H17N3O5/c1-21-11-5-3-4-9(12(11)22-2)8-10-13(19)15-14(20)17(16-10)6-7-18/h3-5,18H,6-8H2,1-2H3,(H,15,19,20). The largest absolute Gasteiger partial charge is 0.493 e. The van der Waals surface area contributed by atoms with E-state index in [0.29, 0.717) is 17.1 Å². The van der Waals surface area contributed by atoms with Crippen molar-refractivity contribution in [3.8, 4) is 11.5 Å². The van der Waals surface area contributed by atoms with E-state index in [1.807, 2.05) is 0 Å². The molecule has 8 heteroatoms. The van der Waals surface area contributed by atoms with Gasteiger partial charge in [-0.15, -0.1) is 0 Å². The molecule has 2 aromatic rings. The number of rotatable bonds is 6. The molecule has 0 unspecified atom stereocenters. The Morgan fingerprint density at radius 1 is 1.27 bits per heavy atom. The number of aliphatic hydroxyl groups excluding tert-OH is 1. The van der Waals surface area contributed by atoms with Crippen LogP contribution >= 0.6 is 0 Å². The second-order valence-corrected chi connectivity index (χ2v) is 4.48. The molecule has 0 fully saturated rings. The highest BCUT2D eigenvalue weighted by Gasteiger charge is 2.14. The molecule has 0 aliphatic carbocycles. The number of hydrogen-bond donors (Lipinski definition) is 2. The van der Waals surface area contributed by atoms with Crippen molar-refractivity contribution in [2.45, 2.75) is 13.0 Å². The van der Waals surface area contributed by atoms with Crippen molar-refractivity contribution in [3.63, 3.8) is 0 Å². The van der Waals surface area contributed by atoms with Gasteiger partial charge in [-0.2, -0.15) is 5.10 Å². The summed E-state index contributed by atoms with van der Waals surface area (Å²) >= 11 is 0. The highest BCUT2D eigenvalue weighted by molar-refractivity contribution is 5.47. The number of benzene rings is 1. The molecule has 118 valence electrons. The summed E-state index contributed by atoms with van der Waals surface area (Å²) in [6, 6.07) is 5.30. The Kier molecular flexibility index (Phi) is 4.95. The molecule has 0 amide bonds. The van der Waals surface area contributed by atoms with Crippen LogP contribution in [0.3, 0.4) is 0 Å². The van der Waals surface area contributed by atoms with Gasteiger partial charge < -0.3 is 14.6 Å². The topological polar surface area (TPSA) is 106 Å². The second kappa shape index (κ2) is 6.90. The van der Waals surface area contributed by atoms with Crippen molar-refractivity contribution >= 4 is 0 Å². The van der Waals surface area contributed by atoms with E-state index in [0.717, 1.165) is 4.68 Å². The molecule has 0 bridgehead atoms. The van der Waals surface area contributed by atoms with Crippen LogP contribution in [0.1, 0.15) is 11.3 Å². The number of para-hydroxylation sites is 1. The van der Waals surface area contributed by atoms with Crippen LogP contribution in [0.4, 0.5) is 0 Å². The number of nitrogens with one attached hydrogen (secondary N) is 1. The number of hydrogen-bond acceptors (Lipinski definition) is 6. The minimum Gasteiger partial charge on any atom is -0.493 e. The van der Waals surface area contributed by atoms with E-state index >= 15 is 0 Å². The lowest BCUT2D eigenvalue weighted by atomic mass is 10.1. The zero-order valence-electron chi connectivity index (χ0n) is 12.3. The van der Waals surface area contributed by atoms with Crippen LogP contribution in [0.2, 0.25) is 0 Å². The molecule has 1 aromatic heterocycles. The lowest BCUT2D eigenvalue weighted by Crippen LogP contribution is -2.35. The summed E-state index contributed by atoms with van der Waals surface area (Å²) in [7, 11) is 3.03. The van der Waals surface area contributed by atoms with Crippen LogP contribution in [-0.4, -0.2) is 40.7 Å². The molecular weight excluding hydrogens is 290 g/mol. The zero-order chi connectivity index (χ0) is 16.1. The Morgan fingerprint density at radius 2 is 2.05 bits per heavy atom. The third kappa shape index (κ3) is 3.17. The lowest BCUT2D eigenvalue weighted by molar-refractivity contribution is 0.264. The summed E-state index contributed by atoms with van der Waals surface area (Å²) in [5, 5.41) is 12.9. The highest BCUT2D eigenvalue weighted by atomic mass is 16.5. The van der Waals surface area contributed by atoms with Crippen LogP contribution in [0.25, 0.3) is 0 Å². The fourth-order valence-corrected chi connectivity index (χ4v) is 2.11. The first-order valence-corrected chi connectivity index (χ1v) is 6.61. The first-order valence-electron chi connectivity index (χ1n) is 6.61. The lowest BCUT2D eigenvalue weighted by Gasteiger charge is -2.12. The second-order valence-electron chi connectivity index (χ2n) is 4.48. The van der Waals surface area contributed by atoms with E-state index in [9.17, 15) is 9.59 Å². The maximum Gasteiger partial charge on any atom is 0.344 e. The Hall–Kier alpha value is -2.61. The third-order valence-electron chi connectivity index (χ3n) is 3.11. The number of aliphatic hydroxyl groups is 1. The van der Waals surface area contributed by atoms with Gasteiger partial charge in [0.1, 0.15) is 5.69 Å². The monoisotopic (exact) mass is 307 g/mol. The molecular formula is C14H17N3O5. The summed E-state index contributed by atoms with van der Waals surface area (Å²) in [5.41, 5.74) is -0.363. The van der Waals surface area contributed by atoms with Crippen LogP contribution in [0.15, 0.2) is 27.8 Å². The van der Waals surface area contributed by atoms with Crippen molar-refractivity contribution < 1.29 is 14.6 Å². The molecule has 1 heterocycles. The Morgan fingerprint density at radius 3 is 2.68 bits per heavy atom. The first-order chi connectivity index (χ1) is 10.6. The van der Waals surface area contributed by atoms with Crippen molar-refractivity contribution in [1.29, 1.82) is 0 Å². The minimum absolute atomic E-state index is 0.0118. The fourth-order valence-electron chi connectivity index (χ4n) is 2.11. The van der Waals surface area contributed by atoms with Gasteiger partial charge in [-0.1, -0.05) is 12.1 Å². The van der Waals surface area contributed by atoms with Crippen molar-refractivity contribution in [1.82, 2.24) is 14.8 Å². The quantitative estimate of drug-likeness (QED) is 0.747. The molecule has 1 aromatic carbocycles. The number of H-pyrrole nitrogens is 1. The molecule has 22 heavy (non-hydrogen) atoms. The van der Waals surface area contributed by atoms with Gasteiger partial charge in [0.2, 0.25) is 0 Å². The Labute approximate surface area is 125 Å². The van der Waals surface area contributed by atoms with Gasteiger partial charge in [0.25, 0.3) is 5.56 Å². The number of methoxy groups -OCH3 is 2. The summed E-state index contributed by atoms with van der Waals surface area (Å²) in [4.78, 5) is 25.6. The van der Waals surface area contributed by atoms with Crippen LogP contribution in [0, 0.1) is 0 Å². The summed E-state index contributed by atoms with van der Waals surface area (Å²) in [5.74, 6) is 1.05. The molecule has 8 nitrogen and oxygen atoms in total. The van der Waals surface area contributed by atoms with Crippen LogP contribution < -0.4 is 20.7 Å². The molecule has 0 atom stereocenters. The summed E-state index contributed by atoms with van der Waals surface area (Å²) in [6.07, 6.45) is 0.168. The smallest absolute Gasteiger partial charge is 0.344 e. The molecule has 0 aliphatic rings. The van der Waals surface area contributed by atoms with E-state index in [4.69, 9.17) is 14.6 Å². The van der Waals surface area contributed by atoms with E-state index in [2.05, 4.69) is 10.1 Å². The van der Waals surface area contributed by atoms with Gasteiger partial charge in [-0.05, 0) is 6.07 Å². The highest BCUT2D eigenvalue weighted by Crippen LogP contribution is 2.31. The fraction of sp³-hybridized carbons (Fsp3) is 0.357. The van der Waals surface area contributed by atoms with Gasteiger partial charge in [0.15, 0.2) is 11.5 Å². The van der Waals surface area contributed by atoms with Crippen molar-refractivity contribution in [2.24, 2.45) is 0 Å². The average molecular weight is 307 g/mol. The van der Waals surface area contributed by atoms with Crippen LogP contribution in [-0.2, 0) is 13.0 Å². The van der Waals surface area contributed by atoms with Crippen molar-refractivity contribution in [3.05, 3.63) is 50.3 Å². The average Bonchev–Trinajstić information content (AvgIpc) is 2.51. The van der Waals surface area contributed by atoms with Gasteiger partial charge in [0, 0.05) is 12.0 Å². The van der Waals surface area contributed by atoms with Gasteiger partial charge in [-0.3, -0.25) is 9.78 Å². The van der Waals surface area contributed by atoms with E-state index in [1.165, 1.54) is 14.2 Å². The van der Waals surface area contributed by atoms with Gasteiger partial charge in [-0.25, -0.2) is 9.48 Å². The minimum atomic E-state index is -0.652. The Bertz CT molecular complexity index is 766. The zero-order valence-corrected chi connectivity index (χ0v) is 12.3. The molecule has 0 spiro atoms. The van der Waals surface area contributed by atoms with Gasteiger partial charge in [0.05, 0.1) is 27.4 Å². The van der Waals surface area contributed by atoms with E-state index in [1.54, 1.807) is 18.2 Å². The first kappa shape index (κ1) is 15.8. The maximum absolute atomic E-state index is 11.9.